The number of thiophene rings is 1. The van der Waals surface area contributed by atoms with Crippen molar-refractivity contribution in [2.75, 3.05) is 10.6 Å². The Morgan fingerprint density at radius 3 is 2.39 bits per heavy atom. The molecule has 0 aliphatic carbocycles. The first-order chi connectivity index (χ1) is 15.2. The highest BCUT2D eigenvalue weighted by atomic mass is 32.1. The molecule has 0 spiro atoms. The Morgan fingerprint density at radius 1 is 0.903 bits per heavy atom. The summed E-state index contributed by atoms with van der Waals surface area (Å²) in [6.45, 7) is 1.11. The van der Waals surface area contributed by atoms with Crippen LogP contribution in [0.4, 0.5) is 16.2 Å². The van der Waals surface area contributed by atoms with Crippen LogP contribution in [0.5, 0.6) is 0 Å². The van der Waals surface area contributed by atoms with Gasteiger partial charge in [-0.15, -0.1) is 11.3 Å². The van der Waals surface area contributed by atoms with Crippen molar-refractivity contribution in [3.63, 3.8) is 0 Å². The van der Waals surface area contributed by atoms with Gasteiger partial charge in [-0.05, 0) is 46.8 Å². The molecule has 0 unspecified atom stereocenters. The predicted octanol–water partition coefficient (Wildman–Crippen LogP) is 4.57. The number of rotatable bonds is 7. The second kappa shape index (κ2) is 9.73. The molecule has 2 heterocycles. The zero-order chi connectivity index (χ0) is 21.5. The van der Waals surface area contributed by atoms with Crippen LogP contribution in [0.2, 0.25) is 0 Å². The zero-order valence-electron chi connectivity index (χ0n) is 16.6. The summed E-state index contributed by atoms with van der Waals surface area (Å²) < 4.78 is 1.86. The zero-order valence-corrected chi connectivity index (χ0v) is 17.4. The molecule has 7 nitrogen and oxygen atoms in total. The molecule has 31 heavy (non-hydrogen) atoms. The van der Waals surface area contributed by atoms with Crippen LogP contribution < -0.4 is 16.0 Å². The van der Waals surface area contributed by atoms with Crippen molar-refractivity contribution < 1.29 is 9.59 Å². The summed E-state index contributed by atoms with van der Waals surface area (Å²) in [6.07, 6.45) is 3.67. The van der Waals surface area contributed by atoms with Gasteiger partial charge in [0.1, 0.15) is 0 Å². The molecule has 4 aromatic rings. The molecule has 3 N–H and O–H groups in total. The van der Waals surface area contributed by atoms with Crippen molar-refractivity contribution in [1.29, 1.82) is 0 Å². The Bertz CT molecular complexity index is 1140. The molecule has 0 saturated carbocycles. The number of carbonyl (C=O) groups excluding carboxylic acids is 2. The van der Waals surface area contributed by atoms with Gasteiger partial charge in [-0.25, -0.2) is 4.79 Å². The lowest BCUT2D eigenvalue weighted by atomic mass is 10.1. The number of aromatic nitrogens is 2. The quantitative estimate of drug-likeness (QED) is 0.401. The van der Waals surface area contributed by atoms with E-state index < -0.39 is 0 Å². The van der Waals surface area contributed by atoms with Gasteiger partial charge in [0.2, 0.25) is 0 Å². The van der Waals surface area contributed by atoms with Crippen LogP contribution in [-0.2, 0) is 13.1 Å². The Kier molecular flexibility index (Phi) is 6.39. The van der Waals surface area contributed by atoms with Gasteiger partial charge < -0.3 is 16.0 Å². The highest BCUT2D eigenvalue weighted by Crippen LogP contribution is 2.17. The van der Waals surface area contributed by atoms with Gasteiger partial charge >= 0.3 is 6.03 Å². The van der Waals surface area contributed by atoms with E-state index in [4.69, 9.17) is 0 Å². The summed E-state index contributed by atoms with van der Waals surface area (Å²) in [5, 5.41) is 14.5. The van der Waals surface area contributed by atoms with Gasteiger partial charge in [-0.2, -0.15) is 5.10 Å². The molecular weight excluding hydrogens is 410 g/mol. The number of anilines is 2. The van der Waals surface area contributed by atoms with Gasteiger partial charge in [0.25, 0.3) is 5.91 Å². The number of hydrogen-bond acceptors (Lipinski definition) is 4. The summed E-state index contributed by atoms with van der Waals surface area (Å²) in [7, 11) is 0. The largest absolute Gasteiger partial charge is 0.334 e. The maximum atomic E-state index is 12.3. The molecule has 4 rings (SSSR count). The highest BCUT2D eigenvalue weighted by molar-refractivity contribution is 7.12. The third-order valence-corrected chi connectivity index (χ3v) is 5.37. The summed E-state index contributed by atoms with van der Waals surface area (Å²) in [5.74, 6) is -0.174. The molecule has 0 atom stereocenters. The lowest BCUT2D eigenvalue weighted by Crippen LogP contribution is -2.28. The number of benzene rings is 2. The second-order valence-electron chi connectivity index (χ2n) is 6.84. The van der Waals surface area contributed by atoms with Gasteiger partial charge in [0, 0.05) is 30.3 Å². The average Bonchev–Trinajstić information content (AvgIpc) is 3.48. The average molecular weight is 432 g/mol. The van der Waals surface area contributed by atoms with Crippen LogP contribution in [-0.4, -0.2) is 21.7 Å². The van der Waals surface area contributed by atoms with Gasteiger partial charge in [0.05, 0.1) is 11.4 Å². The van der Waals surface area contributed by atoms with Crippen LogP contribution in [0.3, 0.4) is 0 Å². The van der Waals surface area contributed by atoms with E-state index in [1.165, 1.54) is 11.3 Å². The molecule has 0 aliphatic rings. The summed E-state index contributed by atoms with van der Waals surface area (Å²) in [5.41, 5.74) is 3.34. The lowest BCUT2D eigenvalue weighted by Gasteiger charge is -2.10. The smallest absolute Gasteiger partial charge is 0.319 e. The topological polar surface area (TPSA) is 88.1 Å². The van der Waals surface area contributed by atoms with Crippen molar-refractivity contribution in [3.8, 4) is 0 Å². The molecule has 0 saturated heterocycles. The molecule has 3 amide bonds. The summed E-state index contributed by atoms with van der Waals surface area (Å²) in [6, 6.07) is 20.2. The SMILES string of the molecule is O=C(NCc1ccc(Cn2cccn2)cc1)Nc1cccc(NC(=O)c2cccs2)c1. The first-order valence-electron chi connectivity index (χ1n) is 9.71. The van der Waals surface area contributed by atoms with Crippen LogP contribution in [0, 0.1) is 0 Å². The molecule has 0 fully saturated rings. The van der Waals surface area contributed by atoms with Crippen LogP contribution >= 0.6 is 11.3 Å². The molecule has 2 aromatic heterocycles. The Balaban J connectivity index is 1.27. The Morgan fingerprint density at radius 2 is 1.68 bits per heavy atom. The molecule has 8 heteroatoms. The Labute approximate surface area is 183 Å². The maximum Gasteiger partial charge on any atom is 0.319 e. The van der Waals surface area contributed by atoms with Gasteiger partial charge in [0.15, 0.2) is 0 Å². The summed E-state index contributed by atoms with van der Waals surface area (Å²) >= 11 is 1.38. The molecule has 0 bridgehead atoms. The van der Waals surface area contributed by atoms with Crippen molar-refractivity contribution in [2.45, 2.75) is 13.1 Å². The molecule has 0 aliphatic heterocycles. The second-order valence-corrected chi connectivity index (χ2v) is 7.79. The number of urea groups is 1. The first kappa shape index (κ1) is 20.4. The third kappa shape index (κ3) is 5.80. The fourth-order valence-corrected chi connectivity index (χ4v) is 3.60. The van der Waals surface area contributed by atoms with Crippen LogP contribution in [0.15, 0.2) is 84.5 Å². The standard InChI is InChI=1S/C23H21N5O2S/c29-22(21-6-2-13-31-21)26-19-4-1-5-20(14-19)27-23(30)24-15-17-7-9-18(10-8-17)16-28-12-3-11-25-28/h1-14H,15-16H2,(H,26,29)(H2,24,27,30). The molecule has 156 valence electrons. The molecule has 0 radical (unpaired) electrons. The minimum absolute atomic E-state index is 0.174. The third-order valence-electron chi connectivity index (χ3n) is 4.50. The molecule has 2 aromatic carbocycles. The minimum atomic E-state index is -0.317. The number of hydrogen-bond donors (Lipinski definition) is 3. The van der Waals surface area contributed by atoms with Crippen molar-refractivity contribution >= 4 is 34.6 Å². The van der Waals surface area contributed by atoms with E-state index in [-0.39, 0.29) is 11.9 Å². The number of nitrogens with zero attached hydrogens (tertiary/aromatic N) is 2. The fraction of sp³-hybridized carbons (Fsp3) is 0.0870. The van der Waals surface area contributed by atoms with E-state index in [9.17, 15) is 9.59 Å². The van der Waals surface area contributed by atoms with E-state index >= 15 is 0 Å². The summed E-state index contributed by atoms with van der Waals surface area (Å²) in [4.78, 5) is 25.1. The normalized spacial score (nSPS) is 10.5. The van der Waals surface area contributed by atoms with Crippen molar-refractivity contribution in [3.05, 3.63) is 101 Å². The monoisotopic (exact) mass is 431 g/mol. The first-order valence-corrected chi connectivity index (χ1v) is 10.6. The predicted molar refractivity (Wildman–Crippen MR) is 122 cm³/mol. The number of carbonyl (C=O) groups is 2. The Hall–Kier alpha value is -3.91. The lowest BCUT2D eigenvalue weighted by molar-refractivity contribution is 0.103. The van der Waals surface area contributed by atoms with Crippen LogP contribution in [0.1, 0.15) is 20.8 Å². The maximum absolute atomic E-state index is 12.3. The van der Waals surface area contributed by atoms with Crippen molar-refractivity contribution in [1.82, 2.24) is 15.1 Å². The van der Waals surface area contributed by atoms with E-state index in [2.05, 4.69) is 21.0 Å². The van der Waals surface area contributed by atoms with Gasteiger partial charge in [-0.3, -0.25) is 9.48 Å². The van der Waals surface area contributed by atoms with E-state index in [1.54, 1.807) is 36.5 Å². The minimum Gasteiger partial charge on any atom is -0.334 e. The van der Waals surface area contributed by atoms with Crippen LogP contribution in [0.25, 0.3) is 0 Å². The van der Waals surface area contributed by atoms with Gasteiger partial charge in [-0.1, -0.05) is 36.4 Å². The number of nitrogens with one attached hydrogen (secondary N) is 3. The highest BCUT2D eigenvalue weighted by Gasteiger charge is 2.08. The van der Waals surface area contributed by atoms with E-state index in [1.807, 2.05) is 52.7 Å². The molecular formula is C23H21N5O2S. The fourth-order valence-electron chi connectivity index (χ4n) is 2.98. The number of amides is 3. The van der Waals surface area contributed by atoms with Crippen molar-refractivity contribution in [2.24, 2.45) is 0 Å². The van der Waals surface area contributed by atoms with E-state index in [0.717, 1.165) is 11.1 Å². The van der Waals surface area contributed by atoms with E-state index in [0.29, 0.717) is 29.3 Å².